The number of Topliss-reactive ketones (excluding diaryl/α,β-unsaturated/α-hetero) is 1. The number of likely N-dealkylation sites (tertiary alicyclic amines) is 1. The third-order valence-corrected chi connectivity index (χ3v) is 4.96. The molecule has 0 spiro atoms. The Balaban J connectivity index is 1.71. The maximum Gasteiger partial charge on any atom is 0.178 e. The van der Waals surface area contributed by atoms with E-state index >= 15 is 0 Å². The van der Waals surface area contributed by atoms with Crippen LogP contribution in [0, 0.1) is 5.92 Å². The van der Waals surface area contributed by atoms with Gasteiger partial charge in [0.15, 0.2) is 5.78 Å². The van der Waals surface area contributed by atoms with E-state index in [0.29, 0.717) is 23.2 Å². The number of hydrogen-bond acceptors (Lipinski definition) is 2. The van der Waals surface area contributed by atoms with E-state index < -0.39 is 0 Å². The van der Waals surface area contributed by atoms with Crippen LogP contribution in [0.1, 0.15) is 42.5 Å². The molecular weight excluding hydrogens is 258 g/mol. The lowest BCUT2D eigenvalue weighted by Crippen LogP contribution is -2.45. The van der Waals surface area contributed by atoms with Crippen molar-refractivity contribution in [1.82, 2.24) is 4.90 Å². The molecule has 0 N–H and O–H groups in total. The van der Waals surface area contributed by atoms with E-state index in [-0.39, 0.29) is 5.78 Å². The molecule has 2 unspecified atom stereocenters. The van der Waals surface area contributed by atoms with Gasteiger partial charge in [-0.2, -0.15) is 0 Å². The molecule has 1 aromatic rings. The van der Waals surface area contributed by atoms with Crippen molar-refractivity contribution in [3.8, 4) is 0 Å². The number of ketones is 1. The molecule has 1 heterocycles. The second-order valence-electron chi connectivity index (χ2n) is 5.77. The molecule has 1 aromatic carbocycles. The summed E-state index contributed by atoms with van der Waals surface area (Å²) in [5, 5.41) is 0.576. The van der Waals surface area contributed by atoms with Gasteiger partial charge in [0.2, 0.25) is 0 Å². The third-order valence-electron chi connectivity index (χ3n) is 4.63. The van der Waals surface area contributed by atoms with Gasteiger partial charge in [0.1, 0.15) is 0 Å². The predicted octanol–water partition coefficient (Wildman–Crippen LogP) is 3.79. The highest BCUT2D eigenvalue weighted by molar-refractivity contribution is 6.34. The lowest BCUT2D eigenvalue weighted by atomic mass is 9.91. The molecule has 1 saturated heterocycles. The Morgan fingerprint density at radius 1 is 1.21 bits per heavy atom. The molecule has 1 saturated carbocycles. The molecule has 2 aliphatic rings. The van der Waals surface area contributed by atoms with Crippen LogP contribution in [0.5, 0.6) is 0 Å². The van der Waals surface area contributed by atoms with E-state index in [4.69, 9.17) is 11.6 Å². The molecule has 0 aromatic heterocycles. The van der Waals surface area contributed by atoms with Gasteiger partial charge in [-0.3, -0.25) is 9.69 Å². The summed E-state index contributed by atoms with van der Waals surface area (Å²) in [5.41, 5.74) is 0.671. The summed E-state index contributed by atoms with van der Waals surface area (Å²) >= 11 is 6.11. The molecule has 0 amide bonds. The third kappa shape index (κ3) is 2.70. The zero-order valence-corrected chi connectivity index (χ0v) is 11.9. The van der Waals surface area contributed by atoms with Crippen LogP contribution in [0.3, 0.4) is 0 Å². The van der Waals surface area contributed by atoms with E-state index in [1.165, 1.54) is 32.1 Å². The predicted molar refractivity (Wildman–Crippen MR) is 77.7 cm³/mol. The van der Waals surface area contributed by atoms with Crippen molar-refractivity contribution in [3.63, 3.8) is 0 Å². The fourth-order valence-electron chi connectivity index (χ4n) is 3.71. The van der Waals surface area contributed by atoms with Gasteiger partial charge in [0.05, 0.1) is 11.6 Å². The fourth-order valence-corrected chi connectivity index (χ4v) is 3.95. The fraction of sp³-hybridized carbons (Fsp3) is 0.562. The van der Waals surface area contributed by atoms with Crippen LogP contribution < -0.4 is 0 Å². The van der Waals surface area contributed by atoms with Crippen LogP contribution >= 0.6 is 11.6 Å². The van der Waals surface area contributed by atoms with E-state index in [0.717, 1.165) is 12.5 Å². The van der Waals surface area contributed by atoms with Gasteiger partial charge in [0.25, 0.3) is 0 Å². The summed E-state index contributed by atoms with van der Waals surface area (Å²) in [5.74, 6) is 0.992. The Bertz CT molecular complexity index is 474. The number of benzene rings is 1. The second-order valence-corrected chi connectivity index (χ2v) is 6.18. The van der Waals surface area contributed by atoms with Crippen LogP contribution in [-0.4, -0.2) is 29.8 Å². The summed E-state index contributed by atoms with van der Waals surface area (Å²) in [6, 6.07) is 8.02. The molecule has 2 atom stereocenters. The number of carbonyl (C=O) groups is 1. The summed E-state index contributed by atoms with van der Waals surface area (Å²) in [6.07, 6.45) is 6.52. The van der Waals surface area contributed by atoms with Crippen LogP contribution in [-0.2, 0) is 0 Å². The molecule has 0 bridgehead atoms. The molecule has 2 fully saturated rings. The number of fused-ring (bicyclic) bond motifs is 1. The molecule has 1 aliphatic carbocycles. The molecule has 1 aliphatic heterocycles. The number of piperidine rings is 1. The Hall–Kier alpha value is -0.860. The minimum absolute atomic E-state index is 0.165. The minimum Gasteiger partial charge on any atom is -0.293 e. The van der Waals surface area contributed by atoms with Crippen molar-refractivity contribution in [3.05, 3.63) is 34.9 Å². The smallest absolute Gasteiger partial charge is 0.178 e. The average Bonchev–Trinajstić information content (AvgIpc) is 2.88. The van der Waals surface area contributed by atoms with Gasteiger partial charge in [-0.15, -0.1) is 0 Å². The zero-order chi connectivity index (χ0) is 13.2. The van der Waals surface area contributed by atoms with E-state index in [2.05, 4.69) is 4.90 Å². The standard InChI is InChI=1S/C16H20ClNO/c17-14-8-2-1-7-13(14)16(19)11-18-10-4-6-12-5-3-9-15(12)18/h1-2,7-8,12,15H,3-6,9-11H2. The van der Waals surface area contributed by atoms with E-state index in [1.54, 1.807) is 6.07 Å². The second kappa shape index (κ2) is 5.64. The van der Waals surface area contributed by atoms with Gasteiger partial charge < -0.3 is 0 Å². The molecular formula is C16H20ClNO. The minimum atomic E-state index is 0.165. The van der Waals surface area contributed by atoms with Crippen LogP contribution in [0.4, 0.5) is 0 Å². The highest BCUT2D eigenvalue weighted by atomic mass is 35.5. The van der Waals surface area contributed by atoms with Crippen molar-refractivity contribution >= 4 is 17.4 Å². The van der Waals surface area contributed by atoms with Gasteiger partial charge >= 0.3 is 0 Å². The number of hydrogen-bond donors (Lipinski definition) is 0. The number of halogens is 1. The van der Waals surface area contributed by atoms with E-state index in [9.17, 15) is 4.79 Å². The Morgan fingerprint density at radius 3 is 2.84 bits per heavy atom. The van der Waals surface area contributed by atoms with Crippen molar-refractivity contribution in [2.45, 2.75) is 38.1 Å². The summed E-state index contributed by atoms with van der Waals surface area (Å²) < 4.78 is 0. The first-order valence-electron chi connectivity index (χ1n) is 7.27. The van der Waals surface area contributed by atoms with Crippen molar-refractivity contribution in [1.29, 1.82) is 0 Å². The monoisotopic (exact) mass is 277 g/mol. The largest absolute Gasteiger partial charge is 0.293 e. The lowest BCUT2D eigenvalue weighted by molar-refractivity contribution is 0.0777. The van der Waals surface area contributed by atoms with Crippen LogP contribution in [0.25, 0.3) is 0 Å². The molecule has 0 radical (unpaired) electrons. The molecule has 2 nitrogen and oxygen atoms in total. The Labute approximate surface area is 119 Å². The number of carbonyl (C=O) groups excluding carboxylic acids is 1. The average molecular weight is 278 g/mol. The molecule has 3 heteroatoms. The van der Waals surface area contributed by atoms with E-state index in [1.807, 2.05) is 18.2 Å². The van der Waals surface area contributed by atoms with Gasteiger partial charge in [-0.05, 0) is 50.3 Å². The van der Waals surface area contributed by atoms with Crippen molar-refractivity contribution < 1.29 is 4.79 Å². The molecule has 102 valence electrons. The summed E-state index contributed by atoms with van der Waals surface area (Å²) in [7, 11) is 0. The molecule has 19 heavy (non-hydrogen) atoms. The maximum atomic E-state index is 12.4. The molecule has 3 rings (SSSR count). The van der Waals surface area contributed by atoms with Crippen LogP contribution in [0.15, 0.2) is 24.3 Å². The highest BCUT2D eigenvalue weighted by Crippen LogP contribution is 2.36. The zero-order valence-electron chi connectivity index (χ0n) is 11.1. The van der Waals surface area contributed by atoms with Gasteiger partial charge in [-0.25, -0.2) is 0 Å². The SMILES string of the molecule is O=C(CN1CCCC2CCCC21)c1ccccc1Cl. The first-order valence-corrected chi connectivity index (χ1v) is 7.65. The van der Waals surface area contributed by atoms with Crippen molar-refractivity contribution in [2.75, 3.05) is 13.1 Å². The highest BCUT2D eigenvalue weighted by Gasteiger charge is 2.35. The summed E-state index contributed by atoms with van der Waals surface area (Å²) in [6.45, 7) is 1.60. The normalized spacial score (nSPS) is 27.2. The van der Waals surface area contributed by atoms with Gasteiger partial charge in [-0.1, -0.05) is 30.2 Å². The quantitative estimate of drug-likeness (QED) is 0.784. The van der Waals surface area contributed by atoms with Crippen LogP contribution in [0.2, 0.25) is 5.02 Å². The Morgan fingerprint density at radius 2 is 2.00 bits per heavy atom. The first-order chi connectivity index (χ1) is 9.25. The topological polar surface area (TPSA) is 20.3 Å². The number of nitrogens with zero attached hydrogens (tertiary/aromatic N) is 1. The van der Waals surface area contributed by atoms with Gasteiger partial charge in [0, 0.05) is 11.6 Å². The maximum absolute atomic E-state index is 12.4. The number of rotatable bonds is 3. The first kappa shape index (κ1) is 13.1. The summed E-state index contributed by atoms with van der Waals surface area (Å²) in [4.78, 5) is 14.8. The van der Waals surface area contributed by atoms with Crippen molar-refractivity contribution in [2.24, 2.45) is 5.92 Å². The Kier molecular flexibility index (Phi) is 3.90. The lowest BCUT2D eigenvalue weighted by Gasteiger charge is -2.37.